The van der Waals surface area contributed by atoms with Gasteiger partial charge in [-0.05, 0) is 51.1 Å². The van der Waals surface area contributed by atoms with Crippen molar-refractivity contribution < 1.29 is 9.59 Å². The van der Waals surface area contributed by atoms with Crippen molar-refractivity contribution >= 4 is 24.2 Å². The van der Waals surface area contributed by atoms with Crippen molar-refractivity contribution in [3.05, 3.63) is 17.5 Å². The van der Waals surface area contributed by atoms with Crippen LogP contribution in [0.25, 0.3) is 0 Å². The maximum Gasteiger partial charge on any atom is 0.272 e. The summed E-state index contributed by atoms with van der Waals surface area (Å²) in [5, 5.41) is 10.5. The molecule has 7 nitrogen and oxygen atoms in total. The first-order valence-electron chi connectivity index (χ1n) is 8.85. The van der Waals surface area contributed by atoms with Crippen molar-refractivity contribution in [2.24, 2.45) is 13.0 Å². The van der Waals surface area contributed by atoms with Crippen LogP contribution in [-0.4, -0.2) is 58.7 Å². The lowest BCUT2D eigenvalue weighted by Gasteiger charge is -2.33. The van der Waals surface area contributed by atoms with Crippen LogP contribution in [0.15, 0.2) is 6.07 Å². The number of piperidine rings is 1. The van der Waals surface area contributed by atoms with Crippen molar-refractivity contribution in [2.75, 3.05) is 26.2 Å². The van der Waals surface area contributed by atoms with Gasteiger partial charge < -0.3 is 15.5 Å². The molecule has 2 saturated heterocycles. The molecule has 140 valence electrons. The molecule has 2 fully saturated rings. The van der Waals surface area contributed by atoms with Gasteiger partial charge in [-0.15, -0.1) is 12.4 Å². The molecule has 2 aliphatic heterocycles. The lowest BCUT2D eigenvalue weighted by molar-refractivity contribution is -0.123. The van der Waals surface area contributed by atoms with E-state index in [0.717, 1.165) is 44.5 Å². The summed E-state index contributed by atoms with van der Waals surface area (Å²) in [7, 11) is 1.80. The molecule has 8 heteroatoms. The SMILES string of the molecule is Cc1cc(C(=O)N2CCCC(CNC(=O)C3CCCN3)C2)n(C)n1.Cl. The monoisotopic (exact) mass is 369 g/mol. The third kappa shape index (κ3) is 4.73. The standard InChI is InChI=1S/C17H27N5O2.ClH/c1-12-9-15(21(2)20-12)17(24)22-8-4-5-13(11-22)10-19-16(23)14-6-3-7-18-14;/h9,13-14,18H,3-8,10-11H2,1-2H3,(H,19,23);1H. The highest BCUT2D eigenvalue weighted by Gasteiger charge is 2.28. The van der Waals surface area contributed by atoms with Gasteiger partial charge >= 0.3 is 0 Å². The number of hydrogen-bond acceptors (Lipinski definition) is 4. The zero-order valence-corrected chi connectivity index (χ0v) is 15.8. The number of halogens is 1. The van der Waals surface area contributed by atoms with Crippen LogP contribution in [0.2, 0.25) is 0 Å². The summed E-state index contributed by atoms with van der Waals surface area (Å²) in [5.74, 6) is 0.451. The fourth-order valence-electron chi connectivity index (χ4n) is 3.67. The quantitative estimate of drug-likeness (QED) is 0.825. The van der Waals surface area contributed by atoms with Crippen LogP contribution in [0.4, 0.5) is 0 Å². The van der Waals surface area contributed by atoms with E-state index in [0.29, 0.717) is 24.7 Å². The number of likely N-dealkylation sites (tertiary alicyclic amines) is 1. The third-order valence-electron chi connectivity index (χ3n) is 4.97. The Morgan fingerprint density at radius 3 is 2.80 bits per heavy atom. The van der Waals surface area contributed by atoms with Gasteiger partial charge in [0.15, 0.2) is 0 Å². The Bertz CT molecular complexity index is 612. The minimum atomic E-state index is -0.0382. The summed E-state index contributed by atoms with van der Waals surface area (Å²) in [5.41, 5.74) is 1.48. The Hall–Kier alpha value is -1.60. The summed E-state index contributed by atoms with van der Waals surface area (Å²) in [4.78, 5) is 26.7. The normalized spacial score (nSPS) is 23.2. The van der Waals surface area contributed by atoms with Crippen molar-refractivity contribution in [2.45, 2.75) is 38.6 Å². The summed E-state index contributed by atoms with van der Waals surface area (Å²) in [6.45, 7) is 4.93. The van der Waals surface area contributed by atoms with Crippen molar-refractivity contribution in [3.63, 3.8) is 0 Å². The molecule has 2 unspecified atom stereocenters. The molecular weight excluding hydrogens is 342 g/mol. The molecule has 2 amide bonds. The van der Waals surface area contributed by atoms with Gasteiger partial charge in [0.1, 0.15) is 5.69 Å². The largest absolute Gasteiger partial charge is 0.354 e. The van der Waals surface area contributed by atoms with E-state index in [1.165, 1.54) is 0 Å². The lowest BCUT2D eigenvalue weighted by Crippen LogP contribution is -2.47. The van der Waals surface area contributed by atoms with E-state index in [9.17, 15) is 9.59 Å². The van der Waals surface area contributed by atoms with Crippen LogP contribution in [0, 0.1) is 12.8 Å². The number of nitrogens with one attached hydrogen (secondary N) is 2. The predicted octanol–water partition coefficient (Wildman–Crippen LogP) is 0.871. The van der Waals surface area contributed by atoms with Crippen LogP contribution >= 0.6 is 12.4 Å². The van der Waals surface area contributed by atoms with Crippen molar-refractivity contribution in [3.8, 4) is 0 Å². The number of carbonyl (C=O) groups excluding carboxylic acids is 2. The van der Waals surface area contributed by atoms with Gasteiger partial charge in [-0.2, -0.15) is 5.10 Å². The summed E-state index contributed by atoms with van der Waals surface area (Å²) in [6, 6.07) is 1.79. The number of amides is 2. The first-order valence-corrected chi connectivity index (χ1v) is 8.85. The van der Waals surface area contributed by atoms with Crippen LogP contribution in [0.3, 0.4) is 0 Å². The average molecular weight is 370 g/mol. The molecule has 1 aromatic rings. The van der Waals surface area contributed by atoms with Crippen LogP contribution in [-0.2, 0) is 11.8 Å². The van der Waals surface area contributed by atoms with E-state index in [1.807, 2.05) is 17.9 Å². The second-order valence-corrected chi connectivity index (χ2v) is 6.95. The number of aryl methyl sites for hydroxylation is 2. The molecule has 0 bridgehead atoms. The van der Waals surface area contributed by atoms with E-state index >= 15 is 0 Å². The number of hydrogen-bond donors (Lipinski definition) is 2. The molecule has 0 saturated carbocycles. The van der Waals surface area contributed by atoms with Crippen LogP contribution < -0.4 is 10.6 Å². The number of nitrogens with zero attached hydrogens (tertiary/aromatic N) is 3. The maximum absolute atomic E-state index is 12.7. The number of rotatable bonds is 4. The zero-order valence-electron chi connectivity index (χ0n) is 15.0. The van der Waals surface area contributed by atoms with Gasteiger partial charge in [-0.1, -0.05) is 0 Å². The highest BCUT2D eigenvalue weighted by atomic mass is 35.5. The lowest BCUT2D eigenvalue weighted by atomic mass is 9.97. The summed E-state index contributed by atoms with van der Waals surface area (Å²) in [6.07, 6.45) is 4.01. The fourth-order valence-corrected chi connectivity index (χ4v) is 3.67. The van der Waals surface area contributed by atoms with Gasteiger partial charge in [-0.25, -0.2) is 0 Å². The van der Waals surface area contributed by atoms with E-state index in [-0.39, 0.29) is 30.3 Å². The van der Waals surface area contributed by atoms with Gasteiger partial charge in [0.2, 0.25) is 5.91 Å². The zero-order chi connectivity index (χ0) is 17.1. The number of aromatic nitrogens is 2. The molecule has 2 N–H and O–H groups in total. The van der Waals surface area contributed by atoms with Gasteiger partial charge in [0.25, 0.3) is 5.91 Å². The van der Waals surface area contributed by atoms with E-state index in [2.05, 4.69) is 15.7 Å². The van der Waals surface area contributed by atoms with Crippen LogP contribution in [0.5, 0.6) is 0 Å². The third-order valence-corrected chi connectivity index (χ3v) is 4.97. The molecule has 0 spiro atoms. The first-order chi connectivity index (χ1) is 11.5. The van der Waals surface area contributed by atoms with Crippen molar-refractivity contribution in [1.82, 2.24) is 25.3 Å². The number of carbonyl (C=O) groups is 2. The summed E-state index contributed by atoms with van der Waals surface area (Å²) < 4.78 is 1.65. The smallest absolute Gasteiger partial charge is 0.272 e. The fraction of sp³-hybridized carbons (Fsp3) is 0.706. The molecule has 1 aromatic heterocycles. The van der Waals surface area contributed by atoms with Gasteiger partial charge in [-0.3, -0.25) is 14.3 Å². The molecule has 3 rings (SSSR count). The Labute approximate surface area is 154 Å². The molecule has 0 radical (unpaired) electrons. The van der Waals surface area contributed by atoms with E-state index < -0.39 is 0 Å². The Kier molecular flexibility index (Phi) is 6.84. The van der Waals surface area contributed by atoms with E-state index in [4.69, 9.17) is 0 Å². The minimum Gasteiger partial charge on any atom is -0.354 e. The molecular formula is C17H28ClN5O2. The second kappa shape index (κ2) is 8.67. The Morgan fingerprint density at radius 2 is 2.16 bits per heavy atom. The summed E-state index contributed by atoms with van der Waals surface area (Å²) >= 11 is 0. The van der Waals surface area contributed by atoms with Gasteiger partial charge in [0.05, 0.1) is 11.7 Å². The predicted molar refractivity (Wildman–Crippen MR) is 97.9 cm³/mol. The molecule has 3 heterocycles. The molecule has 0 aromatic carbocycles. The molecule has 2 aliphatic rings. The van der Waals surface area contributed by atoms with Crippen LogP contribution in [0.1, 0.15) is 41.9 Å². The topological polar surface area (TPSA) is 79.3 Å². The van der Waals surface area contributed by atoms with Crippen molar-refractivity contribution in [1.29, 1.82) is 0 Å². The Balaban J connectivity index is 0.00000225. The first kappa shape index (κ1) is 19.7. The average Bonchev–Trinajstić information content (AvgIpc) is 3.22. The molecule has 2 atom stereocenters. The molecule has 25 heavy (non-hydrogen) atoms. The second-order valence-electron chi connectivity index (χ2n) is 6.95. The Morgan fingerprint density at radius 1 is 1.36 bits per heavy atom. The highest BCUT2D eigenvalue weighted by Crippen LogP contribution is 2.18. The minimum absolute atomic E-state index is 0. The maximum atomic E-state index is 12.7. The van der Waals surface area contributed by atoms with Gasteiger partial charge in [0, 0.05) is 26.7 Å². The molecule has 0 aliphatic carbocycles. The highest BCUT2D eigenvalue weighted by molar-refractivity contribution is 5.92. The van der Waals surface area contributed by atoms with E-state index in [1.54, 1.807) is 11.7 Å².